The molecule has 4 nitrogen and oxygen atoms in total. The number of fused-ring (bicyclic) bond motifs is 1. The molecule has 0 bridgehead atoms. The largest absolute Gasteiger partial charge is 0.438 e. The Hall–Kier alpha value is -2.14. The van der Waals surface area contributed by atoms with Gasteiger partial charge in [-0.15, -0.1) is 11.3 Å². The van der Waals surface area contributed by atoms with E-state index >= 15 is 0 Å². The summed E-state index contributed by atoms with van der Waals surface area (Å²) in [7, 11) is 1.81. The summed E-state index contributed by atoms with van der Waals surface area (Å²) in [5.41, 5.74) is 2.25. The van der Waals surface area contributed by atoms with Crippen LogP contribution >= 0.6 is 11.3 Å². The van der Waals surface area contributed by atoms with Crippen LogP contribution in [0.5, 0.6) is 11.6 Å². The number of aryl methyl sites for hydroxylation is 3. The Morgan fingerprint density at radius 1 is 1.10 bits per heavy atom. The average molecular weight is 299 g/mol. The number of thiophene rings is 1. The molecule has 21 heavy (non-hydrogen) atoms. The number of rotatable bonds is 3. The van der Waals surface area contributed by atoms with Gasteiger partial charge in [-0.2, -0.15) is 4.98 Å². The second kappa shape index (κ2) is 5.33. The quantitative estimate of drug-likeness (QED) is 0.776. The van der Waals surface area contributed by atoms with Crippen LogP contribution < -0.4 is 10.1 Å². The molecule has 3 aromatic rings. The van der Waals surface area contributed by atoms with E-state index in [1.807, 2.05) is 20.0 Å². The van der Waals surface area contributed by atoms with Gasteiger partial charge in [0.1, 0.15) is 10.6 Å². The van der Waals surface area contributed by atoms with Crippen molar-refractivity contribution >= 4 is 27.5 Å². The maximum atomic E-state index is 6.07. The van der Waals surface area contributed by atoms with Gasteiger partial charge in [-0.05, 0) is 44.0 Å². The zero-order valence-corrected chi connectivity index (χ0v) is 13.3. The van der Waals surface area contributed by atoms with Crippen molar-refractivity contribution in [1.82, 2.24) is 9.97 Å². The van der Waals surface area contributed by atoms with Crippen LogP contribution in [0.15, 0.2) is 24.3 Å². The molecule has 2 heterocycles. The van der Waals surface area contributed by atoms with Gasteiger partial charge in [0.2, 0.25) is 11.8 Å². The Morgan fingerprint density at radius 3 is 2.67 bits per heavy atom. The minimum atomic E-state index is 0.574. The fraction of sp³-hybridized carbons (Fsp3) is 0.250. The molecule has 0 aliphatic rings. The number of ether oxygens (including phenoxy) is 1. The Morgan fingerprint density at radius 2 is 1.90 bits per heavy atom. The molecule has 0 atom stereocenters. The normalized spacial score (nSPS) is 10.9. The van der Waals surface area contributed by atoms with E-state index in [2.05, 4.69) is 47.3 Å². The van der Waals surface area contributed by atoms with E-state index in [0.717, 1.165) is 27.1 Å². The lowest BCUT2D eigenvalue weighted by molar-refractivity contribution is 0.465. The van der Waals surface area contributed by atoms with Crippen molar-refractivity contribution in [3.05, 3.63) is 40.3 Å². The van der Waals surface area contributed by atoms with Crippen LogP contribution in [0.25, 0.3) is 10.2 Å². The zero-order chi connectivity index (χ0) is 15.0. The third-order valence-electron chi connectivity index (χ3n) is 3.25. The van der Waals surface area contributed by atoms with Gasteiger partial charge in [0.05, 0.1) is 5.39 Å². The number of aromatic nitrogens is 2. The van der Waals surface area contributed by atoms with Crippen LogP contribution in [-0.4, -0.2) is 17.0 Å². The second-order valence-corrected chi connectivity index (χ2v) is 6.28. The number of nitrogens with zero attached hydrogens (tertiary/aromatic N) is 2. The van der Waals surface area contributed by atoms with E-state index in [1.165, 1.54) is 4.88 Å². The lowest BCUT2D eigenvalue weighted by atomic mass is 10.1. The van der Waals surface area contributed by atoms with Crippen LogP contribution in [0.2, 0.25) is 0 Å². The molecule has 0 aliphatic carbocycles. The predicted molar refractivity (Wildman–Crippen MR) is 87.7 cm³/mol. The first-order valence-electron chi connectivity index (χ1n) is 6.78. The summed E-state index contributed by atoms with van der Waals surface area (Å²) in [6.07, 6.45) is 0. The van der Waals surface area contributed by atoms with Crippen molar-refractivity contribution in [2.45, 2.75) is 20.8 Å². The van der Waals surface area contributed by atoms with Crippen molar-refractivity contribution in [1.29, 1.82) is 0 Å². The molecule has 0 saturated carbocycles. The van der Waals surface area contributed by atoms with E-state index in [1.54, 1.807) is 11.3 Å². The molecule has 0 fully saturated rings. The zero-order valence-electron chi connectivity index (χ0n) is 12.5. The second-order valence-electron chi connectivity index (χ2n) is 5.05. The van der Waals surface area contributed by atoms with Gasteiger partial charge in [0, 0.05) is 11.9 Å². The highest BCUT2D eigenvalue weighted by Gasteiger charge is 2.13. The van der Waals surface area contributed by atoms with Gasteiger partial charge in [-0.3, -0.25) is 0 Å². The monoisotopic (exact) mass is 299 g/mol. The molecule has 5 heteroatoms. The predicted octanol–water partition coefficient (Wildman–Crippen LogP) is 4.45. The molecular formula is C16H17N3OS. The molecule has 0 saturated heterocycles. The third-order valence-corrected chi connectivity index (χ3v) is 4.20. The first-order chi connectivity index (χ1) is 10.1. The molecule has 2 aromatic heterocycles. The number of hydrogen-bond acceptors (Lipinski definition) is 5. The van der Waals surface area contributed by atoms with E-state index in [-0.39, 0.29) is 0 Å². The van der Waals surface area contributed by atoms with Crippen molar-refractivity contribution in [2.75, 3.05) is 12.4 Å². The molecule has 1 aromatic carbocycles. The third kappa shape index (κ3) is 2.69. The fourth-order valence-corrected chi connectivity index (χ4v) is 3.00. The Bertz CT molecular complexity index is 811. The molecule has 0 spiro atoms. The van der Waals surface area contributed by atoms with Crippen LogP contribution in [0, 0.1) is 20.8 Å². The first kappa shape index (κ1) is 13.8. The van der Waals surface area contributed by atoms with E-state index in [0.29, 0.717) is 11.8 Å². The lowest BCUT2D eigenvalue weighted by Crippen LogP contribution is -1.99. The maximum Gasteiger partial charge on any atom is 0.232 e. The van der Waals surface area contributed by atoms with E-state index < -0.39 is 0 Å². The minimum absolute atomic E-state index is 0.574. The summed E-state index contributed by atoms with van der Waals surface area (Å²) in [5, 5.41) is 3.94. The smallest absolute Gasteiger partial charge is 0.232 e. The molecule has 0 aliphatic heterocycles. The molecule has 1 N–H and O–H groups in total. The maximum absolute atomic E-state index is 6.07. The van der Waals surface area contributed by atoms with Crippen LogP contribution in [0.4, 0.5) is 5.95 Å². The molecule has 3 rings (SSSR count). The SMILES string of the molecule is CNc1nc(Oc2cc(C)ccc2C)c2cc(C)sc2n1. The van der Waals surface area contributed by atoms with Crippen LogP contribution in [-0.2, 0) is 0 Å². The van der Waals surface area contributed by atoms with Crippen LogP contribution in [0.1, 0.15) is 16.0 Å². The van der Waals surface area contributed by atoms with Gasteiger partial charge in [0.15, 0.2) is 0 Å². The standard InChI is InChI=1S/C16H17N3OS/c1-9-5-6-10(2)13(7-9)20-14-12-8-11(3)21-15(12)19-16(17-4)18-14/h5-8H,1-4H3,(H,17,18,19). The van der Waals surface area contributed by atoms with E-state index in [4.69, 9.17) is 4.74 Å². The topological polar surface area (TPSA) is 47.0 Å². The van der Waals surface area contributed by atoms with Gasteiger partial charge in [-0.25, -0.2) is 4.98 Å². The highest BCUT2D eigenvalue weighted by molar-refractivity contribution is 7.18. The fourth-order valence-electron chi connectivity index (χ4n) is 2.13. The van der Waals surface area contributed by atoms with Crippen molar-refractivity contribution < 1.29 is 4.74 Å². The Kier molecular flexibility index (Phi) is 3.51. The average Bonchev–Trinajstić information content (AvgIpc) is 2.83. The summed E-state index contributed by atoms with van der Waals surface area (Å²) < 4.78 is 6.07. The number of nitrogens with one attached hydrogen (secondary N) is 1. The Balaban J connectivity index is 2.12. The summed E-state index contributed by atoms with van der Waals surface area (Å²) in [6.45, 7) is 6.15. The molecule has 0 amide bonds. The number of benzene rings is 1. The summed E-state index contributed by atoms with van der Waals surface area (Å²) in [4.78, 5) is 11.1. The van der Waals surface area contributed by atoms with Crippen LogP contribution in [0.3, 0.4) is 0 Å². The summed E-state index contributed by atoms with van der Waals surface area (Å²) >= 11 is 1.64. The summed E-state index contributed by atoms with van der Waals surface area (Å²) in [5.74, 6) is 2.01. The highest BCUT2D eigenvalue weighted by atomic mass is 32.1. The van der Waals surface area contributed by atoms with Gasteiger partial charge < -0.3 is 10.1 Å². The Labute approximate surface area is 127 Å². The van der Waals surface area contributed by atoms with Crippen molar-refractivity contribution in [3.63, 3.8) is 0 Å². The molecule has 0 unspecified atom stereocenters. The van der Waals surface area contributed by atoms with Crippen molar-refractivity contribution in [2.24, 2.45) is 0 Å². The van der Waals surface area contributed by atoms with Gasteiger partial charge >= 0.3 is 0 Å². The molecular weight excluding hydrogens is 282 g/mol. The molecule has 108 valence electrons. The first-order valence-corrected chi connectivity index (χ1v) is 7.59. The molecule has 0 radical (unpaired) electrons. The van der Waals surface area contributed by atoms with Gasteiger partial charge in [0.25, 0.3) is 0 Å². The van der Waals surface area contributed by atoms with E-state index in [9.17, 15) is 0 Å². The number of hydrogen-bond donors (Lipinski definition) is 1. The highest BCUT2D eigenvalue weighted by Crippen LogP contribution is 2.34. The number of anilines is 1. The summed E-state index contributed by atoms with van der Waals surface area (Å²) in [6, 6.07) is 8.23. The minimum Gasteiger partial charge on any atom is -0.438 e. The van der Waals surface area contributed by atoms with Gasteiger partial charge in [-0.1, -0.05) is 12.1 Å². The van der Waals surface area contributed by atoms with Crippen molar-refractivity contribution in [3.8, 4) is 11.6 Å². The lowest BCUT2D eigenvalue weighted by Gasteiger charge is -2.10.